The van der Waals surface area contributed by atoms with Crippen molar-refractivity contribution in [3.8, 4) is 22.6 Å². The van der Waals surface area contributed by atoms with Crippen LogP contribution in [0.4, 0.5) is 23.4 Å². The van der Waals surface area contributed by atoms with Crippen molar-refractivity contribution in [1.82, 2.24) is 30.2 Å². The summed E-state index contributed by atoms with van der Waals surface area (Å²) in [5, 5.41) is 30.3. The molecular formula is C56H63ClF4N8O7. The van der Waals surface area contributed by atoms with Crippen molar-refractivity contribution >= 4 is 46.0 Å². The SMILES string of the molecule is C[C@H]1c2c(cc(F)c(Cl)c2-c2c(C(N)=O)ccc(OCCO)c2F)O[C@]1(CNC1CCC(C(=O)N2C[C@H]3CC(N4CCC(c5c(F)cc6c(N7CCC(=O)NC7O)nn(C)c6c5F)CC4)C[C@H]3C2)CC1)c1ccccc1. The molecule has 6 aliphatic rings. The van der Waals surface area contributed by atoms with Crippen molar-refractivity contribution in [3.63, 3.8) is 0 Å². The number of aliphatic hydroxyl groups is 2. The summed E-state index contributed by atoms with van der Waals surface area (Å²) >= 11 is 6.73. The fourth-order valence-electron chi connectivity index (χ4n) is 13.7. The molecule has 76 heavy (non-hydrogen) atoms. The first kappa shape index (κ1) is 52.1. The van der Waals surface area contributed by atoms with Crippen molar-refractivity contribution < 1.29 is 51.6 Å². The first-order valence-electron chi connectivity index (χ1n) is 26.5. The quantitative estimate of drug-likeness (QED) is 0.0753. The van der Waals surface area contributed by atoms with Crippen molar-refractivity contribution in [1.29, 1.82) is 0 Å². The van der Waals surface area contributed by atoms with Crippen molar-refractivity contribution in [2.24, 2.45) is 30.5 Å². The molecule has 3 saturated heterocycles. The second-order valence-electron chi connectivity index (χ2n) is 21.7. The van der Waals surface area contributed by atoms with E-state index in [0.29, 0.717) is 49.1 Å². The largest absolute Gasteiger partial charge is 0.488 e. The minimum Gasteiger partial charge on any atom is -0.488 e. The van der Waals surface area contributed by atoms with Crippen LogP contribution in [0.2, 0.25) is 5.02 Å². The monoisotopic (exact) mass is 1070 g/mol. The summed E-state index contributed by atoms with van der Waals surface area (Å²) in [6.07, 6.45) is 4.85. The molecule has 404 valence electrons. The molecule has 4 aromatic carbocycles. The van der Waals surface area contributed by atoms with Crippen LogP contribution >= 0.6 is 11.6 Å². The summed E-state index contributed by atoms with van der Waals surface area (Å²) in [6.45, 7) is 4.61. The number of amides is 3. The second kappa shape index (κ2) is 20.8. The number of rotatable bonds is 13. The van der Waals surface area contributed by atoms with Gasteiger partial charge in [-0.1, -0.05) is 48.9 Å². The first-order valence-corrected chi connectivity index (χ1v) is 26.9. The van der Waals surface area contributed by atoms with Gasteiger partial charge < -0.3 is 50.8 Å². The molecule has 3 amide bonds. The third-order valence-electron chi connectivity index (χ3n) is 17.6. The third kappa shape index (κ3) is 9.12. The zero-order valence-corrected chi connectivity index (χ0v) is 43.2. The molecule has 20 heteroatoms. The van der Waals surface area contributed by atoms with Gasteiger partial charge in [0.2, 0.25) is 24.1 Å². The maximum Gasteiger partial charge on any atom is 0.249 e. The number of nitrogens with one attached hydrogen (secondary N) is 2. The number of halogens is 5. The zero-order valence-electron chi connectivity index (χ0n) is 42.5. The standard InChI is InChI=1S/C56H63ClF4N8O7/c1-29-44-42(25-40(59)48(57)47(44)46-37(52(62)72)12-13-41(49(46)60)75-21-20-70)76-56(29,34-6-4-3-5-7-34)28-63-35-10-8-31(9-11-35)54(73)68-26-32-22-36(23-33(32)27-68)67-17-14-30(15-18-67)45-39(58)24-38-51(50(45)61)66(2)65-53(38)69-19-16-43(71)64-55(69)74/h3-7,12-13,24-25,29-33,35-36,55,63,70,74H,8-11,14-23,26-28H2,1-2H3,(H2,62,72)(H,64,71)/t29-,31?,32-,33+,35?,36?,55?,56-/m0/s1. The van der Waals surface area contributed by atoms with Gasteiger partial charge in [-0.25, -0.2) is 17.6 Å². The number of carbonyl (C=O) groups excluding carboxylic acids is 3. The Morgan fingerprint density at radius 3 is 2.32 bits per heavy atom. The maximum atomic E-state index is 16.5. The number of piperidine rings is 1. The molecule has 0 spiro atoms. The Bertz CT molecular complexity index is 3070. The third-order valence-corrected chi connectivity index (χ3v) is 17.9. The van der Waals surface area contributed by atoms with Gasteiger partial charge in [0.05, 0.1) is 22.6 Å². The summed E-state index contributed by atoms with van der Waals surface area (Å²) in [5.41, 5.74) is 5.44. The van der Waals surface area contributed by atoms with E-state index < -0.39 is 58.7 Å². The molecule has 15 nitrogen and oxygen atoms in total. The summed E-state index contributed by atoms with van der Waals surface area (Å²) in [5.74, 6) is -4.30. The van der Waals surface area contributed by atoms with E-state index in [1.165, 1.54) is 33.8 Å². The summed E-state index contributed by atoms with van der Waals surface area (Å²) in [4.78, 5) is 44.7. The van der Waals surface area contributed by atoms with E-state index in [2.05, 4.69) is 25.5 Å². The van der Waals surface area contributed by atoms with Crippen LogP contribution in [-0.4, -0.2) is 118 Å². The molecule has 6 N–H and O–H groups in total. The maximum absolute atomic E-state index is 16.5. The molecule has 1 aromatic heterocycles. The van der Waals surface area contributed by atoms with E-state index in [1.54, 1.807) is 7.05 Å². The van der Waals surface area contributed by atoms with Crippen LogP contribution in [0.15, 0.2) is 54.6 Å². The molecule has 5 fully saturated rings. The van der Waals surface area contributed by atoms with Crippen LogP contribution < -0.4 is 30.7 Å². The minimum atomic E-state index is -1.35. The van der Waals surface area contributed by atoms with E-state index in [0.717, 1.165) is 57.4 Å². The second-order valence-corrected chi connectivity index (χ2v) is 22.1. The number of aromatic nitrogens is 2. The van der Waals surface area contributed by atoms with E-state index in [9.17, 15) is 24.6 Å². The lowest BCUT2D eigenvalue weighted by molar-refractivity contribution is -0.136. The number of anilines is 1. The Balaban J connectivity index is 0.705. The molecule has 2 saturated carbocycles. The number of benzene rings is 4. The van der Waals surface area contributed by atoms with Gasteiger partial charge in [0.15, 0.2) is 28.8 Å². The minimum absolute atomic E-state index is 0.0381. The highest BCUT2D eigenvalue weighted by atomic mass is 35.5. The predicted molar refractivity (Wildman–Crippen MR) is 276 cm³/mol. The Labute approximate surface area is 442 Å². The number of nitrogens with two attached hydrogens (primary N) is 1. The highest BCUT2D eigenvalue weighted by Gasteiger charge is 2.51. The zero-order chi connectivity index (χ0) is 53.3. The van der Waals surface area contributed by atoms with Crippen molar-refractivity contribution in [3.05, 3.63) is 105 Å². The lowest BCUT2D eigenvalue weighted by atomic mass is 9.77. The number of nitrogens with zero attached hydrogens (tertiary/aromatic N) is 5. The predicted octanol–water partition coefficient (Wildman–Crippen LogP) is 7.18. The highest BCUT2D eigenvalue weighted by Crippen LogP contribution is 2.57. The van der Waals surface area contributed by atoms with Crippen LogP contribution in [0.3, 0.4) is 0 Å². The van der Waals surface area contributed by atoms with Gasteiger partial charge in [0.1, 0.15) is 29.5 Å². The van der Waals surface area contributed by atoms with Crippen LogP contribution in [0.25, 0.3) is 22.0 Å². The molecule has 4 aliphatic heterocycles. The summed E-state index contributed by atoms with van der Waals surface area (Å²) in [7, 11) is 1.59. The number of hydrogen-bond acceptors (Lipinski definition) is 11. The average Bonchev–Trinajstić information content (AvgIpc) is 4.25. The van der Waals surface area contributed by atoms with Gasteiger partial charge in [-0.2, -0.15) is 5.10 Å². The molecular weight excluding hydrogens is 1010 g/mol. The van der Waals surface area contributed by atoms with Crippen LogP contribution in [0, 0.1) is 41.0 Å². The number of aryl methyl sites for hydroxylation is 1. The average molecular weight is 1070 g/mol. The van der Waals surface area contributed by atoms with Gasteiger partial charge in [0.25, 0.3) is 0 Å². The lowest BCUT2D eigenvalue weighted by Crippen LogP contribution is -2.54. The van der Waals surface area contributed by atoms with E-state index in [4.69, 9.17) is 26.8 Å². The number of primary amides is 1. The summed E-state index contributed by atoms with van der Waals surface area (Å²) in [6, 6.07) is 14.9. The highest BCUT2D eigenvalue weighted by molar-refractivity contribution is 6.34. The Morgan fingerprint density at radius 1 is 0.934 bits per heavy atom. The van der Waals surface area contributed by atoms with Gasteiger partial charge >= 0.3 is 0 Å². The normalized spacial score (nSPS) is 26.9. The Morgan fingerprint density at radius 2 is 1.64 bits per heavy atom. The van der Waals surface area contributed by atoms with Gasteiger partial charge in [0, 0.05) is 91.9 Å². The number of hydrogen-bond donors (Lipinski definition) is 5. The molecule has 0 radical (unpaired) electrons. The number of fused-ring (bicyclic) bond motifs is 3. The number of carbonyl (C=O) groups is 3. The summed E-state index contributed by atoms with van der Waals surface area (Å²) < 4.78 is 78.3. The Kier molecular flexibility index (Phi) is 14.2. The van der Waals surface area contributed by atoms with Crippen LogP contribution in [-0.2, 0) is 22.2 Å². The molecule has 2 aliphatic carbocycles. The van der Waals surface area contributed by atoms with Crippen LogP contribution in [0.1, 0.15) is 104 Å². The van der Waals surface area contributed by atoms with E-state index in [1.807, 2.05) is 37.3 Å². The van der Waals surface area contributed by atoms with Gasteiger partial charge in [-0.05, 0) is 106 Å². The smallest absolute Gasteiger partial charge is 0.249 e. The molecule has 11 rings (SSSR count). The van der Waals surface area contributed by atoms with Gasteiger partial charge in [-0.3, -0.25) is 19.1 Å². The van der Waals surface area contributed by atoms with E-state index >= 15 is 17.6 Å². The van der Waals surface area contributed by atoms with E-state index in [-0.39, 0.29) is 106 Å². The number of likely N-dealkylation sites (tertiary alicyclic amines) is 2. The fraction of sp³-hybridized carbons (Fsp3) is 0.500. The van der Waals surface area contributed by atoms with Crippen molar-refractivity contribution in [2.75, 3.05) is 57.4 Å². The lowest BCUT2D eigenvalue weighted by Gasteiger charge is -2.38. The fourth-order valence-corrected chi connectivity index (χ4v) is 13.9. The molecule has 0 bridgehead atoms. The molecule has 5 heterocycles. The number of aliphatic hydroxyl groups excluding tert-OH is 2. The Hall–Kier alpha value is -5.99. The topological polar surface area (TPSA) is 188 Å². The van der Waals surface area contributed by atoms with Gasteiger partial charge in [-0.15, -0.1) is 0 Å². The first-order chi connectivity index (χ1) is 36.6. The molecule has 2 unspecified atom stereocenters. The van der Waals surface area contributed by atoms with Crippen molar-refractivity contribution in [2.45, 2.75) is 101 Å². The number of ether oxygens (including phenoxy) is 2. The van der Waals surface area contributed by atoms with Crippen LogP contribution in [0.5, 0.6) is 11.5 Å². The molecule has 5 aromatic rings. The molecule has 6 atom stereocenters.